The van der Waals surface area contributed by atoms with Crippen molar-refractivity contribution in [2.24, 2.45) is 0 Å². The van der Waals surface area contributed by atoms with Crippen LogP contribution < -0.4 is 9.47 Å². The van der Waals surface area contributed by atoms with Crippen LogP contribution in [0.4, 0.5) is 0 Å². The van der Waals surface area contributed by atoms with Gasteiger partial charge in [-0.2, -0.15) is 11.8 Å². The predicted octanol–water partition coefficient (Wildman–Crippen LogP) is 8.52. The van der Waals surface area contributed by atoms with Crippen LogP contribution in [0.3, 0.4) is 0 Å². The van der Waals surface area contributed by atoms with E-state index in [2.05, 4.69) is 70.3 Å². The Morgan fingerprint density at radius 2 is 1.77 bits per heavy atom. The second-order valence-corrected chi connectivity index (χ2v) is 12.4. The molecule has 2 aliphatic rings. The summed E-state index contributed by atoms with van der Waals surface area (Å²) in [4.78, 5) is 10.4. The Morgan fingerprint density at radius 1 is 1.05 bits per heavy atom. The quantitative estimate of drug-likeness (QED) is 0.277. The summed E-state index contributed by atoms with van der Waals surface area (Å²) in [5, 5.41) is 7.42. The molecule has 3 aromatic rings. The summed E-state index contributed by atoms with van der Waals surface area (Å²) in [6.07, 6.45) is 6.61. The van der Waals surface area contributed by atoms with Gasteiger partial charge in [-0.05, 0) is 128 Å². The molecule has 3 aromatic carbocycles. The molecule has 0 amide bonds. The zero-order valence-electron chi connectivity index (χ0n) is 24.0. The number of hydrogen-bond donors (Lipinski definition) is 1. The molecule has 1 unspecified atom stereocenters. The molecule has 39 heavy (non-hydrogen) atoms. The summed E-state index contributed by atoms with van der Waals surface area (Å²) >= 11 is 3.82. The molecule has 208 valence electrons. The molecule has 0 fully saturated rings. The first kappa shape index (κ1) is 29.4. The highest BCUT2D eigenvalue weighted by Crippen LogP contribution is 2.45. The van der Waals surface area contributed by atoms with Crippen LogP contribution in [0.2, 0.25) is 0 Å². The molecule has 6 heteroatoms. The summed E-state index contributed by atoms with van der Waals surface area (Å²) in [5.41, 5.74) is 12.2. The third-order valence-electron chi connectivity index (χ3n) is 7.73. The molecule has 0 saturated heterocycles. The number of rotatable bonds is 8. The molecule has 1 atom stereocenters. The van der Waals surface area contributed by atoms with E-state index in [4.69, 9.17) is 19.4 Å². The minimum atomic E-state index is -0.833. The zero-order chi connectivity index (χ0) is 28.1. The van der Waals surface area contributed by atoms with Gasteiger partial charge in [0.15, 0.2) is 0 Å². The van der Waals surface area contributed by atoms with E-state index in [0.717, 1.165) is 50.0 Å². The first-order valence-electron chi connectivity index (χ1n) is 13.7. The lowest BCUT2D eigenvalue weighted by Crippen LogP contribution is -2.06. The minimum Gasteiger partial charge on any atom is -0.493 e. The van der Waals surface area contributed by atoms with Crippen LogP contribution in [0, 0.1) is 27.7 Å². The van der Waals surface area contributed by atoms with Crippen LogP contribution in [0.25, 0.3) is 11.1 Å². The van der Waals surface area contributed by atoms with Gasteiger partial charge >= 0.3 is 0 Å². The van der Waals surface area contributed by atoms with Gasteiger partial charge in [0, 0.05) is 17.6 Å². The van der Waals surface area contributed by atoms with Gasteiger partial charge in [0.2, 0.25) is 0 Å². The van der Waals surface area contributed by atoms with Crippen molar-refractivity contribution < 1.29 is 19.4 Å². The van der Waals surface area contributed by atoms with Crippen molar-refractivity contribution in [3.05, 3.63) is 75.3 Å². The second kappa shape index (κ2) is 13.2. The number of hydrogen-bond acceptors (Lipinski definition) is 5. The lowest BCUT2D eigenvalue weighted by molar-refractivity contribution is -0.134. The molecule has 5 rings (SSSR count). The monoisotopic (exact) mass is 564 g/mol. The maximum atomic E-state index is 9.00. The summed E-state index contributed by atoms with van der Waals surface area (Å²) < 4.78 is 12.9. The first-order chi connectivity index (χ1) is 18.7. The molecule has 0 bridgehead atoms. The van der Waals surface area contributed by atoms with Gasteiger partial charge in [0.1, 0.15) is 17.6 Å². The Bertz CT molecular complexity index is 1320. The van der Waals surface area contributed by atoms with Crippen LogP contribution in [0.1, 0.15) is 64.8 Å². The third-order valence-corrected chi connectivity index (χ3v) is 9.52. The van der Waals surface area contributed by atoms with E-state index in [0.29, 0.717) is 0 Å². The summed E-state index contributed by atoms with van der Waals surface area (Å²) in [6, 6.07) is 13.4. The van der Waals surface area contributed by atoms with E-state index in [1.165, 1.54) is 67.1 Å². The molecular formula is C33H40O4S2. The maximum Gasteiger partial charge on any atom is 0.300 e. The van der Waals surface area contributed by atoms with E-state index in [1.54, 1.807) is 0 Å². The molecule has 1 heterocycles. The number of aryl methyl sites for hydroxylation is 1. The number of aliphatic carboxylic acids is 1. The Morgan fingerprint density at radius 3 is 2.46 bits per heavy atom. The number of fused-ring (bicyclic) bond motifs is 2. The highest BCUT2D eigenvalue weighted by atomic mass is 32.2. The summed E-state index contributed by atoms with van der Waals surface area (Å²) in [6.45, 7) is 10.8. The number of carboxylic acids is 1. The maximum absolute atomic E-state index is 9.00. The molecule has 1 aliphatic carbocycles. The molecule has 0 saturated carbocycles. The number of thioether (sulfide) groups is 2. The van der Waals surface area contributed by atoms with Gasteiger partial charge < -0.3 is 14.6 Å². The molecular weight excluding hydrogens is 524 g/mol. The molecule has 0 aromatic heterocycles. The van der Waals surface area contributed by atoms with Crippen molar-refractivity contribution >= 4 is 29.5 Å². The fourth-order valence-electron chi connectivity index (χ4n) is 5.63. The number of ether oxygens (including phenoxy) is 2. The third kappa shape index (κ3) is 6.60. The molecule has 1 aliphatic heterocycles. The predicted molar refractivity (Wildman–Crippen MR) is 165 cm³/mol. The standard InChI is InChI=1S/C31H36O2S2.C2H4O2/c1-19-21(3)31(32-15-7-16-34-5)22(4)20(2)30(19)27-9-6-8-26-25(27)12-13-28(26)33-24-11-10-23-14-17-35-29(23)18-24;1-2(3)4/h6,8-11,18,28H,7,12-17H2,1-5H3;1H3,(H,3,4). The van der Waals surface area contributed by atoms with Crippen LogP contribution >= 0.6 is 23.5 Å². The van der Waals surface area contributed by atoms with Gasteiger partial charge in [-0.25, -0.2) is 0 Å². The molecule has 4 nitrogen and oxygen atoms in total. The fraction of sp³-hybridized carbons (Fsp3) is 0.424. The number of carbonyl (C=O) groups is 1. The summed E-state index contributed by atoms with van der Waals surface area (Å²) in [7, 11) is 0. The van der Waals surface area contributed by atoms with Crippen molar-refractivity contribution in [2.45, 2.75) is 71.3 Å². The van der Waals surface area contributed by atoms with Crippen molar-refractivity contribution in [3.8, 4) is 22.6 Å². The zero-order valence-corrected chi connectivity index (χ0v) is 25.6. The van der Waals surface area contributed by atoms with Gasteiger partial charge in [-0.15, -0.1) is 11.8 Å². The van der Waals surface area contributed by atoms with Crippen LogP contribution in [0.15, 0.2) is 41.3 Å². The average Bonchev–Trinajstić information content (AvgIpc) is 3.54. The van der Waals surface area contributed by atoms with E-state index >= 15 is 0 Å². The minimum absolute atomic E-state index is 0.122. The van der Waals surface area contributed by atoms with E-state index < -0.39 is 5.97 Å². The molecule has 0 radical (unpaired) electrons. The molecule has 1 N–H and O–H groups in total. The van der Waals surface area contributed by atoms with E-state index in [9.17, 15) is 0 Å². The van der Waals surface area contributed by atoms with Gasteiger partial charge in [-0.3, -0.25) is 4.79 Å². The van der Waals surface area contributed by atoms with E-state index in [1.807, 2.05) is 23.5 Å². The number of benzene rings is 3. The average molecular weight is 565 g/mol. The Balaban J connectivity index is 0.000000826. The lowest BCUT2D eigenvalue weighted by Gasteiger charge is -2.23. The summed E-state index contributed by atoms with van der Waals surface area (Å²) in [5.74, 6) is 3.57. The second-order valence-electron chi connectivity index (χ2n) is 10.3. The first-order valence-corrected chi connectivity index (χ1v) is 16.1. The largest absolute Gasteiger partial charge is 0.493 e. The Labute approximate surface area is 241 Å². The highest BCUT2D eigenvalue weighted by Gasteiger charge is 2.29. The van der Waals surface area contributed by atoms with Crippen molar-refractivity contribution in [3.63, 3.8) is 0 Å². The van der Waals surface area contributed by atoms with Crippen LogP contribution in [-0.4, -0.2) is 35.4 Å². The van der Waals surface area contributed by atoms with Crippen LogP contribution in [-0.2, 0) is 17.6 Å². The van der Waals surface area contributed by atoms with Crippen molar-refractivity contribution in [1.29, 1.82) is 0 Å². The Kier molecular flexibility index (Phi) is 9.95. The smallest absolute Gasteiger partial charge is 0.300 e. The topological polar surface area (TPSA) is 55.8 Å². The number of carboxylic acid groups (broad SMARTS) is 1. The SMILES string of the molecule is CC(=O)O.CSCCCOc1c(C)c(C)c(-c2cccc3c2CCC3Oc2ccc3c(c2)SCC3)c(C)c1C. The van der Waals surface area contributed by atoms with Gasteiger partial charge in [0.25, 0.3) is 5.97 Å². The Hall–Kier alpha value is -2.57. The fourth-order valence-corrected chi connectivity index (χ4v) is 7.14. The molecule has 0 spiro atoms. The highest BCUT2D eigenvalue weighted by molar-refractivity contribution is 7.99. The van der Waals surface area contributed by atoms with Crippen molar-refractivity contribution in [1.82, 2.24) is 0 Å². The van der Waals surface area contributed by atoms with Crippen molar-refractivity contribution in [2.75, 3.05) is 24.4 Å². The van der Waals surface area contributed by atoms with Gasteiger partial charge in [0.05, 0.1) is 6.61 Å². The van der Waals surface area contributed by atoms with Gasteiger partial charge in [-0.1, -0.05) is 24.3 Å². The van der Waals surface area contributed by atoms with E-state index in [-0.39, 0.29) is 6.10 Å². The van der Waals surface area contributed by atoms with Crippen LogP contribution in [0.5, 0.6) is 11.5 Å². The lowest BCUT2D eigenvalue weighted by atomic mass is 9.86. The normalized spacial score (nSPS) is 15.3.